The van der Waals surface area contributed by atoms with Crippen molar-refractivity contribution in [3.63, 3.8) is 0 Å². The lowest BCUT2D eigenvalue weighted by Crippen LogP contribution is -2.29. The fourth-order valence-corrected chi connectivity index (χ4v) is 2.91. The second-order valence-electron chi connectivity index (χ2n) is 8.76. The highest BCUT2D eigenvalue weighted by Gasteiger charge is 2.24. The monoisotopic (exact) mass is 319 g/mol. The molecule has 2 heterocycles. The first-order valence-corrected chi connectivity index (χ1v) is 8.81. The maximum absolute atomic E-state index is 5.83. The maximum Gasteiger partial charge on any atom is 0.0640 e. The summed E-state index contributed by atoms with van der Waals surface area (Å²) >= 11 is 0. The fraction of sp³-hybridized carbons (Fsp3) is 0.789. The van der Waals surface area contributed by atoms with Gasteiger partial charge < -0.3 is 9.64 Å². The van der Waals surface area contributed by atoms with Gasteiger partial charge in [-0.1, -0.05) is 20.8 Å². The number of hydrogen-bond donors (Lipinski definition) is 0. The van der Waals surface area contributed by atoms with Crippen LogP contribution in [0.15, 0.2) is 12.4 Å². The van der Waals surface area contributed by atoms with Crippen LogP contribution in [0.2, 0.25) is 0 Å². The zero-order chi connectivity index (χ0) is 17.1. The van der Waals surface area contributed by atoms with Crippen molar-refractivity contribution in [2.24, 2.45) is 5.92 Å². The third kappa shape index (κ3) is 6.19. The standard InChI is InChI=1S/C19H33N3O/c1-18(2,3)17-13-20-16(12-21-17)11-15-7-8-22(14-15)9-10-23-19(4,5)6/h12-13,15H,7-11,14H2,1-6H3/t15-/m1/s1. The number of ether oxygens (including phenoxy) is 1. The van der Waals surface area contributed by atoms with Crippen molar-refractivity contribution in [2.45, 2.75) is 65.4 Å². The normalized spacial score (nSPS) is 20.2. The Bertz CT molecular complexity index is 485. The average Bonchev–Trinajstić information content (AvgIpc) is 2.84. The first-order chi connectivity index (χ1) is 10.6. The molecule has 0 radical (unpaired) electrons. The third-order valence-electron chi connectivity index (χ3n) is 4.28. The quantitative estimate of drug-likeness (QED) is 0.833. The van der Waals surface area contributed by atoms with Gasteiger partial charge in [0.15, 0.2) is 0 Å². The third-order valence-corrected chi connectivity index (χ3v) is 4.28. The molecule has 1 aliphatic heterocycles. The highest BCUT2D eigenvalue weighted by molar-refractivity contribution is 5.11. The Morgan fingerprint density at radius 1 is 1.13 bits per heavy atom. The molecule has 130 valence electrons. The van der Waals surface area contributed by atoms with Gasteiger partial charge in [-0.15, -0.1) is 0 Å². The molecule has 0 aromatic carbocycles. The highest BCUT2D eigenvalue weighted by Crippen LogP contribution is 2.22. The second kappa shape index (κ2) is 7.27. The Balaban J connectivity index is 1.77. The predicted octanol–water partition coefficient (Wildman–Crippen LogP) is 3.45. The van der Waals surface area contributed by atoms with Crippen LogP contribution in [0.1, 0.15) is 59.4 Å². The van der Waals surface area contributed by atoms with E-state index in [9.17, 15) is 0 Å². The van der Waals surface area contributed by atoms with E-state index in [2.05, 4.69) is 56.4 Å². The number of nitrogens with zero attached hydrogens (tertiary/aromatic N) is 3. The summed E-state index contributed by atoms with van der Waals surface area (Å²) in [5, 5.41) is 0. The molecule has 1 aromatic heterocycles. The van der Waals surface area contributed by atoms with E-state index in [0.29, 0.717) is 5.92 Å². The van der Waals surface area contributed by atoms with Crippen LogP contribution in [0.3, 0.4) is 0 Å². The summed E-state index contributed by atoms with van der Waals surface area (Å²) in [5.41, 5.74) is 2.22. The Hall–Kier alpha value is -1.00. The number of aromatic nitrogens is 2. The van der Waals surface area contributed by atoms with Crippen molar-refractivity contribution < 1.29 is 4.74 Å². The molecule has 0 aliphatic carbocycles. The molecule has 0 saturated carbocycles. The van der Waals surface area contributed by atoms with E-state index in [-0.39, 0.29) is 11.0 Å². The van der Waals surface area contributed by atoms with Gasteiger partial charge in [0.1, 0.15) is 0 Å². The molecule has 4 nitrogen and oxygen atoms in total. The Morgan fingerprint density at radius 2 is 1.87 bits per heavy atom. The van der Waals surface area contributed by atoms with Crippen LogP contribution in [0.25, 0.3) is 0 Å². The molecule has 1 fully saturated rings. The topological polar surface area (TPSA) is 38.2 Å². The molecule has 0 amide bonds. The lowest BCUT2D eigenvalue weighted by molar-refractivity contribution is -0.0112. The summed E-state index contributed by atoms with van der Waals surface area (Å²) in [6.07, 6.45) is 6.19. The van der Waals surface area contributed by atoms with E-state index in [4.69, 9.17) is 4.74 Å². The van der Waals surface area contributed by atoms with Crippen LogP contribution >= 0.6 is 0 Å². The van der Waals surface area contributed by atoms with Gasteiger partial charge in [-0.3, -0.25) is 9.97 Å². The van der Waals surface area contributed by atoms with Crippen LogP contribution in [0.5, 0.6) is 0 Å². The van der Waals surface area contributed by atoms with E-state index >= 15 is 0 Å². The van der Waals surface area contributed by atoms with Crippen LogP contribution in [0.4, 0.5) is 0 Å². The lowest BCUT2D eigenvalue weighted by atomic mass is 9.92. The summed E-state index contributed by atoms with van der Waals surface area (Å²) in [6, 6.07) is 0. The van der Waals surface area contributed by atoms with Crippen molar-refractivity contribution >= 4 is 0 Å². The van der Waals surface area contributed by atoms with Gasteiger partial charge in [0.2, 0.25) is 0 Å². The first kappa shape index (κ1) is 18.3. The largest absolute Gasteiger partial charge is 0.375 e. The molecule has 0 bridgehead atoms. The minimum absolute atomic E-state index is 0.0382. The van der Waals surface area contributed by atoms with Crippen molar-refractivity contribution in [2.75, 3.05) is 26.2 Å². The summed E-state index contributed by atoms with van der Waals surface area (Å²) in [7, 11) is 0. The molecule has 2 rings (SSSR count). The molecule has 0 spiro atoms. The molecule has 0 N–H and O–H groups in total. The van der Waals surface area contributed by atoms with Crippen molar-refractivity contribution in [1.29, 1.82) is 0 Å². The number of rotatable bonds is 5. The SMILES string of the molecule is CC(C)(C)OCCN1CC[C@H](Cc2cnc(C(C)(C)C)cn2)C1. The minimum Gasteiger partial charge on any atom is -0.375 e. The summed E-state index contributed by atoms with van der Waals surface area (Å²) in [5.74, 6) is 0.694. The van der Waals surface area contributed by atoms with Crippen LogP contribution in [-0.2, 0) is 16.6 Å². The average molecular weight is 319 g/mol. The zero-order valence-corrected chi connectivity index (χ0v) is 15.7. The number of hydrogen-bond acceptors (Lipinski definition) is 4. The van der Waals surface area contributed by atoms with Gasteiger partial charge >= 0.3 is 0 Å². The molecule has 0 unspecified atom stereocenters. The Kier molecular flexibility index (Phi) is 5.79. The second-order valence-corrected chi connectivity index (χ2v) is 8.76. The van der Waals surface area contributed by atoms with Gasteiger partial charge in [-0.25, -0.2) is 0 Å². The van der Waals surface area contributed by atoms with Gasteiger partial charge in [-0.2, -0.15) is 0 Å². The van der Waals surface area contributed by atoms with Crippen LogP contribution in [-0.4, -0.2) is 46.7 Å². The van der Waals surface area contributed by atoms with Gasteiger partial charge in [-0.05, 0) is 46.1 Å². The van der Waals surface area contributed by atoms with E-state index in [0.717, 1.165) is 37.5 Å². The highest BCUT2D eigenvalue weighted by atomic mass is 16.5. The van der Waals surface area contributed by atoms with Gasteiger partial charge in [0.05, 0.1) is 23.6 Å². The molecule has 1 saturated heterocycles. The molecule has 4 heteroatoms. The number of likely N-dealkylation sites (tertiary alicyclic amines) is 1. The predicted molar refractivity (Wildman–Crippen MR) is 94.7 cm³/mol. The molecule has 1 aromatic rings. The Morgan fingerprint density at radius 3 is 2.43 bits per heavy atom. The van der Waals surface area contributed by atoms with E-state index in [1.54, 1.807) is 0 Å². The minimum atomic E-state index is -0.0382. The summed E-state index contributed by atoms with van der Waals surface area (Å²) in [6.45, 7) is 17.0. The van der Waals surface area contributed by atoms with Crippen molar-refractivity contribution in [3.05, 3.63) is 23.8 Å². The molecular formula is C19H33N3O. The summed E-state index contributed by atoms with van der Waals surface area (Å²) < 4.78 is 5.83. The van der Waals surface area contributed by atoms with Crippen LogP contribution < -0.4 is 0 Å². The fourth-order valence-electron chi connectivity index (χ4n) is 2.91. The van der Waals surface area contributed by atoms with Crippen LogP contribution in [0, 0.1) is 5.92 Å². The maximum atomic E-state index is 5.83. The molecule has 1 atom stereocenters. The van der Waals surface area contributed by atoms with E-state index < -0.39 is 0 Å². The lowest BCUT2D eigenvalue weighted by Gasteiger charge is -2.22. The Labute approximate surface area is 141 Å². The van der Waals surface area contributed by atoms with E-state index in [1.165, 1.54) is 13.0 Å². The van der Waals surface area contributed by atoms with E-state index in [1.807, 2.05) is 12.4 Å². The molecule has 23 heavy (non-hydrogen) atoms. The van der Waals surface area contributed by atoms with Gasteiger partial charge in [0.25, 0.3) is 0 Å². The van der Waals surface area contributed by atoms with Crippen molar-refractivity contribution in [1.82, 2.24) is 14.9 Å². The zero-order valence-electron chi connectivity index (χ0n) is 15.7. The first-order valence-electron chi connectivity index (χ1n) is 8.81. The molecular weight excluding hydrogens is 286 g/mol. The smallest absolute Gasteiger partial charge is 0.0640 e. The molecule has 1 aliphatic rings. The van der Waals surface area contributed by atoms with Crippen molar-refractivity contribution in [3.8, 4) is 0 Å². The summed E-state index contributed by atoms with van der Waals surface area (Å²) in [4.78, 5) is 11.7. The van der Waals surface area contributed by atoms with Gasteiger partial charge in [0, 0.05) is 30.9 Å².